The van der Waals surface area contributed by atoms with Gasteiger partial charge >= 0.3 is 5.97 Å². The maximum absolute atomic E-state index is 13.9. The smallest absolute Gasteiger partial charge is 0.338 e. The molecule has 200 valence electrons. The van der Waals surface area contributed by atoms with Gasteiger partial charge in [0, 0.05) is 19.8 Å². The summed E-state index contributed by atoms with van der Waals surface area (Å²) >= 11 is 1.20. The Kier molecular flexibility index (Phi) is 7.05. The molecule has 9 nitrogen and oxygen atoms in total. The van der Waals surface area contributed by atoms with E-state index in [-0.39, 0.29) is 18.1 Å². The molecule has 0 radical (unpaired) electrons. The monoisotopic (exact) mass is 543 g/mol. The van der Waals surface area contributed by atoms with Crippen LogP contribution in [0.4, 0.5) is 11.4 Å². The van der Waals surface area contributed by atoms with Gasteiger partial charge in [-0.05, 0) is 56.7 Å². The summed E-state index contributed by atoms with van der Waals surface area (Å²) < 4.78 is 7.26. The third-order valence-corrected chi connectivity index (χ3v) is 7.74. The number of thiazole rings is 1. The molecule has 2 aliphatic rings. The van der Waals surface area contributed by atoms with E-state index < -0.39 is 17.9 Å². The summed E-state index contributed by atoms with van der Waals surface area (Å²) in [7, 11) is 3.89. The van der Waals surface area contributed by atoms with E-state index in [4.69, 9.17) is 4.74 Å². The first kappa shape index (κ1) is 26.3. The van der Waals surface area contributed by atoms with Crippen molar-refractivity contribution in [3.05, 3.63) is 91.1 Å². The van der Waals surface area contributed by atoms with Gasteiger partial charge in [-0.1, -0.05) is 41.7 Å². The summed E-state index contributed by atoms with van der Waals surface area (Å²) in [6.45, 7) is 5.47. The molecule has 0 spiro atoms. The molecule has 0 saturated carbocycles. The lowest BCUT2D eigenvalue weighted by Crippen LogP contribution is -2.40. The summed E-state index contributed by atoms with van der Waals surface area (Å²) in [5.41, 5.74) is 3.49. The van der Waals surface area contributed by atoms with E-state index >= 15 is 0 Å². The third-order valence-electron chi connectivity index (χ3n) is 6.74. The average molecular weight is 544 g/mol. The Balaban J connectivity index is 1.62. The number of carbonyl (C=O) groups excluding carboxylic acids is 2. The summed E-state index contributed by atoms with van der Waals surface area (Å²) in [6, 6.07) is 16.2. The Morgan fingerprint density at radius 3 is 2.41 bits per heavy atom. The van der Waals surface area contributed by atoms with E-state index in [1.807, 2.05) is 73.6 Å². The van der Waals surface area contributed by atoms with E-state index in [1.165, 1.54) is 20.9 Å². The van der Waals surface area contributed by atoms with Crippen molar-refractivity contribution in [1.29, 1.82) is 0 Å². The minimum Gasteiger partial charge on any atom is -0.463 e. The Hall–Kier alpha value is -4.31. The van der Waals surface area contributed by atoms with Crippen molar-refractivity contribution in [2.75, 3.05) is 30.6 Å². The highest BCUT2D eigenvalue weighted by Gasteiger charge is 2.35. The standard InChI is InChI=1S/C29H29N5O4S/c1-6-38-28(37)24-18(3)30-29-33(25(24)19-12-14-20(15-13-19)32(4)5)27(36)23(39-29)16-22-17(2)31-34(26(22)35)21-10-8-7-9-11-21/h7-16,22,25H,6H2,1-5H3/b23-16+/t22-,25+/m0/s1. The molecule has 2 aromatic carbocycles. The fourth-order valence-electron chi connectivity index (χ4n) is 4.75. The zero-order valence-corrected chi connectivity index (χ0v) is 23.2. The number of anilines is 2. The highest BCUT2D eigenvalue weighted by Crippen LogP contribution is 2.32. The molecule has 0 N–H and O–H groups in total. The first-order chi connectivity index (χ1) is 18.7. The van der Waals surface area contributed by atoms with Crippen LogP contribution >= 0.6 is 11.3 Å². The van der Waals surface area contributed by atoms with Crippen LogP contribution in [-0.4, -0.2) is 42.9 Å². The van der Waals surface area contributed by atoms with Crippen molar-refractivity contribution in [1.82, 2.24) is 4.57 Å². The van der Waals surface area contributed by atoms with Gasteiger partial charge in [-0.2, -0.15) is 10.1 Å². The van der Waals surface area contributed by atoms with Gasteiger partial charge in [0.2, 0.25) is 0 Å². The molecular weight excluding hydrogens is 514 g/mol. The maximum Gasteiger partial charge on any atom is 0.338 e. The molecule has 0 saturated heterocycles. The molecule has 1 amide bonds. The molecular formula is C29H29N5O4S. The second kappa shape index (κ2) is 10.5. The maximum atomic E-state index is 13.9. The van der Waals surface area contributed by atoms with Crippen molar-refractivity contribution < 1.29 is 14.3 Å². The quantitative estimate of drug-likeness (QED) is 0.446. The topological polar surface area (TPSA) is 96.6 Å². The van der Waals surface area contributed by atoms with E-state index in [0.29, 0.717) is 32.0 Å². The van der Waals surface area contributed by atoms with Crippen LogP contribution in [0.5, 0.6) is 0 Å². The predicted molar refractivity (Wildman–Crippen MR) is 153 cm³/mol. The van der Waals surface area contributed by atoms with Gasteiger partial charge in [-0.3, -0.25) is 14.2 Å². The largest absolute Gasteiger partial charge is 0.463 e. The summed E-state index contributed by atoms with van der Waals surface area (Å²) in [5.74, 6) is -1.43. The van der Waals surface area contributed by atoms with Crippen molar-refractivity contribution in [2.24, 2.45) is 16.0 Å². The number of para-hydroxylation sites is 1. The number of esters is 1. The van der Waals surface area contributed by atoms with Crippen LogP contribution in [0.2, 0.25) is 0 Å². The number of hydrogen-bond donors (Lipinski definition) is 0. The van der Waals surface area contributed by atoms with Gasteiger partial charge in [-0.15, -0.1) is 0 Å². The van der Waals surface area contributed by atoms with E-state index in [9.17, 15) is 14.4 Å². The van der Waals surface area contributed by atoms with Gasteiger partial charge in [-0.25, -0.2) is 9.79 Å². The molecule has 2 aliphatic heterocycles. The number of allylic oxidation sites excluding steroid dienone is 1. The first-order valence-electron chi connectivity index (χ1n) is 12.6. The zero-order valence-electron chi connectivity index (χ0n) is 22.4. The number of ether oxygens (including phenoxy) is 1. The van der Waals surface area contributed by atoms with Gasteiger partial charge in [0.05, 0.1) is 39.9 Å². The molecule has 1 aromatic heterocycles. The van der Waals surface area contributed by atoms with Gasteiger partial charge < -0.3 is 9.64 Å². The number of aromatic nitrogens is 1. The predicted octanol–water partition coefficient (Wildman–Crippen LogP) is 2.85. The Labute approximate surface area is 229 Å². The van der Waals surface area contributed by atoms with Crippen LogP contribution in [-0.2, 0) is 14.3 Å². The molecule has 3 heterocycles. The SMILES string of the molecule is CCOC(=O)C1=C(C)N=c2s/c(=C/[C@@H]3C(=O)N(c4ccccc4)N=C3C)c(=O)n2[C@@H]1c1ccc(N(C)C)cc1. The molecule has 39 heavy (non-hydrogen) atoms. The lowest BCUT2D eigenvalue weighted by Gasteiger charge is -2.25. The normalized spacial score (nSPS) is 19.1. The van der Waals surface area contributed by atoms with Gasteiger partial charge in [0.1, 0.15) is 5.92 Å². The molecule has 0 unspecified atom stereocenters. The van der Waals surface area contributed by atoms with Crippen LogP contribution in [0, 0.1) is 5.92 Å². The molecule has 2 atom stereocenters. The Morgan fingerprint density at radius 1 is 1.08 bits per heavy atom. The van der Waals surface area contributed by atoms with E-state index in [0.717, 1.165) is 11.3 Å². The van der Waals surface area contributed by atoms with Crippen molar-refractivity contribution in [3.63, 3.8) is 0 Å². The summed E-state index contributed by atoms with van der Waals surface area (Å²) in [6.07, 6.45) is 1.66. The number of benzene rings is 2. The molecule has 0 bridgehead atoms. The molecule has 10 heteroatoms. The van der Waals surface area contributed by atoms with Crippen LogP contribution in [0.1, 0.15) is 32.4 Å². The fraction of sp³-hybridized carbons (Fsp3) is 0.276. The lowest BCUT2D eigenvalue weighted by molar-refractivity contribution is -0.139. The highest BCUT2D eigenvalue weighted by atomic mass is 32.1. The Morgan fingerprint density at radius 2 is 1.77 bits per heavy atom. The van der Waals surface area contributed by atoms with Crippen LogP contribution in [0.25, 0.3) is 6.08 Å². The fourth-order valence-corrected chi connectivity index (χ4v) is 5.81. The lowest BCUT2D eigenvalue weighted by atomic mass is 9.95. The Bertz CT molecular complexity index is 1680. The highest BCUT2D eigenvalue weighted by molar-refractivity contribution is 7.07. The molecule has 0 fully saturated rings. The molecule has 0 aliphatic carbocycles. The third kappa shape index (κ3) is 4.72. The first-order valence-corrected chi connectivity index (χ1v) is 13.4. The number of hydrogen-bond acceptors (Lipinski definition) is 8. The van der Waals surface area contributed by atoms with E-state index in [1.54, 1.807) is 26.8 Å². The number of nitrogens with zero attached hydrogens (tertiary/aromatic N) is 5. The number of fused-ring (bicyclic) bond motifs is 1. The molecule has 5 rings (SSSR count). The average Bonchev–Trinajstić information content (AvgIpc) is 3.38. The van der Waals surface area contributed by atoms with Gasteiger partial charge in [0.15, 0.2) is 4.80 Å². The summed E-state index contributed by atoms with van der Waals surface area (Å²) in [5, 5.41) is 5.82. The van der Waals surface area contributed by atoms with Gasteiger partial charge in [0.25, 0.3) is 11.5 Å². The van der Waals surface area contributed by atoms with Crippen molar-refractivity contribution in [3.8, 4) is 0 Å². The minimum absolute atomic E-state index is 0.201. The second-order valence-electron chi connectivity index (χ2n) is 9.52. The van der Waals surface area contributed by atoms with Crippen LogP contribution < -0.4 is 24.8 Å². The number of carbonyl (C=O) groups is 2. The van der Waals surface area contributed by atoms with Crippen LogP contribution in [0.3, 0.4) is 0 Å². The summed E-state index contributed by atoms with van der Waals surface area (Å²) in [4.78, 5) is 47.3. The number of amides is 1. The molecule has 3 aromatic rings. The van der Waals surface area contributed by atoms with Crippen molar-refractivity contribution in [2.45, 2.75) is 26.8 Å². The van der Waals surface area contributed by atoms with Crippen LogP contribution in [0.15, 0.2) is 80.8 Å². The zero-order chi connectivity index (χ0) is 27.8. The van der Waals surface area contributed by atoms with E-state index in [2.05, 4.69) is 10.1 Å². The number of rotatable bonds is 6. The second-order valence-corrected chi connectivity index (χ2v) is 10.5. The minimum atomic E-state index is -0.714. The number of hydrazone groups is 1. The van der Waals surface area contributed by atoms with Crippen molar-refractivity contribution >= 4 is 46.4 Å².